The summed E-state index contributed by atoms with van der Waals surface area (Å²) in [5.41, 5.74) is 0. The van der Waals surface area contributed by atoms with Crippen molar-refractivity contribution in [2.24, 2.45) is 17.8 Å². The minimum absolute atomic E-state index is 0.117. The summed E-state index contributed by atoms with van der Waals surface area (Å²) >= 11 is 1.48. The molecule has 0 saturated heterocycles. The van der Waals surface area contributed by atoms with E-state index in [-0.39, 0.29) is 5.91 Å². The summed E-state index contributed by atoms with van der Waals surface area (Å²) < 4.78 is 0. The third-order valence-corrected chi connectivity index (χ3v) is 5.33. The first-order valence-electron chi connectivity index (χ1n) is 6.86. The zero-order valence-corrected chi connectivity index (χ0v) is 11.5. The predicted octanol–water partition coefficient (Wildman–Crippen LogP) is 2.87. The van der Waals surface area contributed by atoms with E-state index in [1.165, 1.54) is 37.0 Å². The van der Waals surface area contributed by atoms with Gasteiger partial charge in [0.25, 0.3) is 0 Å². The number of nitrogens with zero attached hydrogens (tertiary/aromatic N) is 2. The number of aromatic nitrogens is 2. The summed E-state index contributed by atoms with van der Waals surface area (Å²) in [6, 6.07) is 0. The van der Waals surface area contributed by atoms with E-state index in [9.17, 15) is 4.79 Å². The van der Waals surface area contributed by atoms with Crippen molar-refractivity contribution in [3.05, 3.63) is 5.01 Å². The van der Waals surface area contributed by atoms with Crippen LogP contribution in [0.4, 0.5) is 5.13 Å². The number of carbonyl (C=O) groups excluding carboxylic acids is 1. The second-order valence-electron chi connectivity index (χ2n) is 5.54. The average molecular weight is 265 g/mol. The van der Waals surface area contributed by atoms with Crippen LogP contribution in [-0.2, 0) is 11.2 Å². The monoisotopic (exact) mass is 265 g/mol. The van der Waals surface area contributed by atoms with Crippen molar-refractivity contribution in [1.82, 2.24) is 10.2 Å². The van der Waals surface area contributed by atoms with Crippen LogP contribution >= 0.6 is 11.3 Å². The number of anilines is 1. The fraction of sp³-hybridized carbons (Fsp3) is 0.769. The summed E-state index contributed by atoms with van der Waals surface area (Å²) in [4.78, 5) is 12.0. The van der Waals surface area contributed by atoms with Gasteiger partial charge in [0, 0.05) is 6.42 Å². The molecule has 3 atom stereocenters. The number of hydrogen-bond donors (Lipinski definition) is 1. The van der Waals surface area contributed by atoms with Gasteiger partial charge in [0.1, 0.15) is 5.01 Å². The highest BCUT2D eigenvalue weighted by Crippen LogP contribution is 2.49. The summed E-state index contributed by atoms with van der Waals surface area (Å²) in [7, 11) is 0. The summed E-state index contributed by atoms with van der Waals surface area (Å²) in [6.45, 7) is 2.04. The number of fused-ring (bicyclic) bond motifs is 2. The molecule has 4 nitrogen and oxygen atoms in total. The molecule has 2 aliphatic carbocycles. The minimum Gasteiger partial charge on any atom is -0.301 e. The highest BCUT2D eigenvalue weighted by atomic mass is 32.1. The van der Waals surface area contributed by atoms with Gasteiger partial charge in [-0.1, -0.05) is 24.7 Å². The van der Waals surface area contributed by atoms with Gasteiger partial charge >= 0.3 is 0 Å². The Labute approximate surface area is 111 Å². The molecule has 0 aliphatic heterocycles. The largest absolute Gasteiger partial charge is 0.301 e. The molecule has 1 heterocycles. The molecule has 3 rings (SSSR count). The number of rotatable bonds is 4. The molecule has 0 aromatic carbocycles. The Hall–Kier alpha value is -0.970. The molecule has 98 valence electrons. The lowest BCUT2D eigenvalue weighted by Crippen LogP contribution is -2.20. The molecular formula is C13H19N3OS. The smallest absolute Gasteiger partial charge is 0.226 e. The van der Waals surface area contributed by atoms with E-state index in [0.717, 1.165) is 23.3 Å². The van der Waals surface area contributed by atoms with E-state index in [1.807, 2.05) is 6.92 Å². The molecule has 3 unspecified atom stereocenters. The number of hydrogen-bond acceptors (Lipinski definition) is 4. The Bertz CT molecular complexity index is 445. The maximum Gasteiger partial charge on any atom is 0.226 e. The summed E-state index contributed by atoms with van der Waals surface area (Å²) in [5, 5.41) is 12.5. The maximum absolute atomic E-state index is 12.0. The molecular weight excluding hydrogens is 246 g/mol. The van der Waals surface area contributed by atoms with Crippen molar-refractivity contribution in [1.29, 1.82) is 0 Å². The van der Waals surface area contributed by atoms with Crippen LogP contribution in [0.3, 0.4) is 0 Å². The standard InChI is InChI=1S/C13H19N3OS/c1-2-12-15-16-13(18-12)14-11(17)7-10-6-8-3-4-9(10)5-8/h8-10H,2-7H2,1H3,(H,14,16,17). The molecule has 2 aliphatic rings. The number of carbonyl (C=O) groups is 1. The highest BCUT2D eigenvalue weighted by Gasteiger charge is 2.40. The lowest BCUT2D eigenvalue weighted by Gasteiger charge is -2.20. The van der Waals surface area contributed by atoms with Crippen LogP contribution in [0.1, 0.15) is 44.0 Å². The Kier molecular flexibility index (Phi) is 3.33. The Morgan fingerprint density at radius 3 is 2.89 bits per heavy atom. The Morgan fingerprint density at radius 2 is 2.28 bits per heavy atom. The average Bonchev–Trinajstić information content (AvgIpc) is 3.04. The minimum atomic E-state index is 0.117. The third kappa shape index (κ3) is 2.41. The molecule has 2 bridgehead atoms. The molecule has 1 amide bonds. The van der Waals surface area contributed by atoms with Gasteiger partial charge in [-0.25, -0.2) is 0 Å². The van der Waals surface area contributed by atoms with E-state index < -0.39 is 0 Å². The molecule has 18 heavy (non-hydrogen) atoms. The van der Waals surface area contributed by atoms with Crippen molar-refractivity contribution in [2.75, 3.05) is 5.32 Å². The SMILES string of the molecule is CCc1nnc(NC(=O)CC2CC3CCC2C3)s1. The first-order chi connectivity index (χ1) is 8.74. The maximum atomic E-state index is 12.0. The quantitative estimate of drug-likeness (QED) is 0.910. The highest BCUT2D eigenvalue weighted by molar-refractivity contribution is 7.15. The van der Waals surface area contributed by atoms with Gasteiger partial charge in [-0.05, 0) is 43.4 Å². The van der Waals surface area contributed by atoms with Gasteiger partial charge in [0.05, 0.1) is 0 Å². The van der Waals surface area contributed by atoms with Crippen LogP contribution in [0.2, 0.25) is 0 Å². The van der Waals surface area contributed by atoms with Gasteiger partial charge in [-0.3, -0.25) is 4.79 Å². The lowest BCUT2D eigenvalue weighted by atomic mass is 9.86. The van der Waals surface area contributed by atoms with E-state index in [0.29, 0.717) is 17.5 Å². The van der Waals surface area contributed by atoms with Crippen molar-refractivity contribution >= 4 is 22.4 Å². The molecule has 2 fully saturated rings. The number of amides is 1. The zero-order valence-electron chi connectivity index (χ0n) is 10.7. The predicted molar refractivity (Wildman–Crippen MR) is 71.5 cm³/mol. The van der Waals surface area contributed by atoms with E-state index in [1.54, 1.807) is 0 Å². The first-order valence-corrected chi connectivity index (χ1v) is 7.68. The fourth-order valence-electron chi connectivity index (χ4n) is 3.48. The van der Waals surface area contributed by atoms with E-state index >= 15 is 0 Å². The van der Waals surface area contributed by atoms with Crippen molar-refractivity contribution in [3.63, 3.8) is 0 Å². The van der Waals surface area contributed by atoms with Crippen LogP contribution in [0.15, 0.2) is 0 Å². The normalized spacial score (nSPS) is 29.7. The van der Waals surface area contributed by atoms with Crippen molar-refractivity contribution in [2.45, 2.75) is 45.4 Å². The van der Waals surface area contributed by atoms with Gasteiger partial charge in [0.15, 0.2) is 0 Å². The number of nitrogens with one attached hydrogen (secondary N) is 1. The van der Waals surface area contributed by atoms with Crippen LogP contribution in [0.25, 0.3) is 0 Å². The summed E-state index contributed by atoms with van der Waals surface area (Å²) in [6.07, 6.45) is 6.88. The van der Waals surface area contributed by atoms with Crippen LogP contribution in [0, 0.1) is 17.8 Å². The fourth-order valence-corrected chi connectivity index (χ4v) is 4.18. The van der Waals surface area contributed by atoms with E-state index in [2.05, 4.69) is 15.5 Å². The topological polar surface area (TPSA) is 54.9 Å². The first kappa shape index (κ1) is 12.1. The van der Waals surface area contributed by atoms with Gasteiger partial charge < -0.3 is 5.32 Å². The summed E-state index contributed by atoms with van der Waals surface area (Å²) in [5.74, 6) is 2.44. The van der Waals surface area contributed by atoms with Crippen LogP contribution in [-0.4, -0.2) is 16.1 Å². The Morgan fingerprint density at radius 1 is 1.39 bits per heavy atom. The molecule has 2 saturated carbocycles. The van der Waals surface area contributed by atoms with Gasteiger partial charge in [0.2, 0.25) is 11.0 Å². The molecule has 0 spiro atoms. The van der Waals surface area contributed by atoms with Crippen molar-refractivity contribution < 1.29 is 4.79 Å². The molecule has 1 aromatic heterocycles. The third-order valence-electron chi connectivity index (χ3n) is 4.35. The van der Waals surface area contributed by atoms with Crippen LogP contribution < -0.4 is 5.32 Å². The zero-order chi connectivity index (χ0) is 12.5. The second-order valence-corrected chi connectivity index (χ2v) is 6.60. The molecule has 1 aromatic rings. The Balaban J connectivity index is 1.52. The van der Waals surface area contributed by atoms with E-state index in [4.69, 9.17) is 0 Å². The lowest BCUT2D eigenvalue weighted by molar-refractivity contribution is -0.117. The molecule has 1 N–H and O–H groups in total. The second kappa shape index (κ2) is 4.96. The molecule has 0 radical (unpaired) electrons. The van der Waals surface area contributed by atoms with Crippen LogP contribution in [0.5, 0.6) is 0 Å². The van der Waals surface area contributed by atoms with Crippen molar-refractivity contribution in [3.8, 4) is 0 Å². The molecule has 5 heteroatoms. The van der Waals surface area contributed by atoms with Gasteiger partial charge in [-0.2, -0.15) is 0 Å². The van der Waals surface area contributed by atoms with Gasteiger partial charge in [-0.15, -0.1) is 10.2 Å². The number of aryl methyl sites for hydroxylation is 1.